The van der Waals surface area contributed by atoms with Gasteiger partial charge >= 0.3 is 6.03 Å². The highest BCUT2D eigenvalue weighted by molar-refractivity contribution is 7.14. The minimum absolute atomic E-state index is 0.0297. The first-order chi connectivity index (χ1) is 18.1. The number of carbonyl (C=O) groups is 3. The molecule has 2 heterocycles. The SMILES string of the molecule is CC(=O)N(N1C(=O)C(NC(=O)Nc2sccc2C)CC(c2ccccc2)CC1c1ccccc1)C(C)(C)C. The zero-order valence-electron chi connectivity index (χ0n) is 22.6. The highest BCUT2D eigenvalue weighted by Gasteiger charge is 2.45. The topological polar surface area (TPSA) is 81.8 Å². The number of urea groups is 1. The summed E-state index contributed by atoms with van der Waals surface area (Å²) in [4.78, 5) is 40.6. The normalized spacial score (nSPS) is 20.0. The van der Waals surface area contributed by atoms with E-state index in [0.717, 1.165) is 21.7 Å². The van der Waals surface area contributed by atoms with Gasteiger partial charge in [-0.3, -0.25) is 14.9 Å². The molecule has 0 radical (unpaired) electrons. The first-order valence-corrected chi connectivity index (χ1v) is 13.8. The van der Waals surface area contributed by atoms with Gasteiger partial charge in [-0.2, -0.15) is 0 Å². The maximum atomic E-state index is 14.4. The lowest BCUT2D eigenvalue weighted by atomic mass is 9.86. The summed E-state index contributed by atoms with van der Waals surface area (Å²) in [6, 6.07) is 20.1. The van der Waals surface area contributed by atoms with Crippen LogP contribution in [-0.4, -0.2) is 39.4 Å². The summed E-state index contributed by atoms with van der Waals surface area (Å²) in [7, 11) is 0. The second-order valence-corrected chi connectivity index (χ2v) is 11.7. The van der Waals surface area contributed by atoms with E-state index in [9.17, 15) is 14.4 Å². The van der Waals surface area contributed by atoms with Gasteiger partial charge < -0.3 is 5.32 Å². The maximum absolute atomic E-state index is 14.4. The fourth-order valence-electron chi connectivity index (χ4n) is 5.22. The standard InChI is InChI=1S/C30H36N4O3S/c1-20-16-17-38-27(20)32-29(37)31-25-18-24(22-12-8-6-9-13-22)19-26(23-14-10-7-11-15-23)33(28(25)36)34(21(2)35)30(3,4)5/h6-17,24-26H,18-19H2,1-5H3,(H2,31,32,37). The van der Waals surface area contributed by atoms with E-state index in [1.807, 2.05) is 87.7 Å². The van der Waals surface area contributed by atoms with Crippen molar-refractivity contribution in [3.63, 3.8) is 0 Å². The predicted molar refractivity (Wildman–Crippen MR) is 152 cm³/mol. The van der Waals surface area contributed by atoms with Crippen LogP contribution >= 0.6 is 11.3 Å². The summed E-state index contributed by atoms with van der Waals surface area (Å²) in [5.41, 5.74) is 2.33. The summed E-state index contributed by atoms with van der Waals surface area (Å²) in [6.07, 6.45) is 1.01. The molecule has 0 aliphatic carbocycles. The van der Waals surface area contributed by atoms with E-state index in [4.69, 9.17) is 0 Å². The molecule has 1 aromatic heterocycles. The van der Waals surface area contributed by atoms with Gasteiger partial charge in [-0.25, -0.2) is 14.8 Å². The second-order valence-electron chi connectivity index (χ2n) is 10.8. The van der Waals surface area contributed by atoms with E-state index in [-0.39, 0.29) is 17.7 Å². The molecule has 1 saturated heterocycles. The molecule has 1 aliphatic heterocycles. The molecule has 3 aromatic rings. The van der Waals surface area contributed by atoms with E-state index in [1.54, 1.807) is 10.0 Å². The quantitative estimate of drug-likeness (QED) is 0.407. The summed E-state index contributed by atoms with van der Waals surface area (Å²) < 4.78 is 0. The average molecular weight is 533 g/mol. The number of hydrogen-bond acceptors (Lipinski definition) is 4. The summed E-state index contributed by atoms with van der Waals surface area (Å²) >= 11 is 1.43. The van der Waals surface area contributed by atoms with Gasteiger partial charge in [-0.05, 0) is 74.6 Å². The van der Waals surface area contributed by atoms with Crippen molar-refractivity contribution in [1.82, 2.24) is 15.3 Å². The number of nitrogens with zero attached hydrogens (tertiary/aromatic N) is 2. The lowest BCUT2D eigenvalue weighted by molar-refractivity contribution is -0.181. The fourth-order valence-corrected chi connectivity index (χ4v) is 6.03. The fraction of sp³-hybridized carbons (Fsp3) is 0.367. The van der Waals surface area contributed by atoms with Crippen molar-refractivity contribution in [2.45, 2.75) is 71.0 Å². The highest BCUT2D eigenvalue weighted by Crippen LogP contribution is 2.41. The van der Waals surface area contributed by atoms with Crippen molar-refractivity contribution in [3.05, 3.63) is 88.8 Å². The lowest BCUT2D eigenvalue weighted by Crippen LogP contribution is -2.61. The zero-order valence-corrected chi connectivity index (χ0v) is 23.4. The molecule has 2 aromatic carbocycles. The van der Waals surface area contributed by atoms with Crippen LogP contribution in [0.25, 0.3) is 0 Å². The minimum Gasteiger partial charge on any atom is -0.326 e. The van der Waals surface area contributed by atoms with Crippen LogP contribution in [0.5, 0.6) is 0 Å². The van der Waals surface area contributed by atoms with Crippen molar-refractivity contribution >= 4 is 34.2 Å². The zero-order chi connectivity index (χ0) is 27.4. The van der Waals surface area contributed by atoms with Crippen LogP contribution in [0.2, 0.25) is 0 Å². The Hall–Kier alpha value is -3.65. The molecule has 200 valence electrons. The number of hydrogen-bond donors (Lipinski definition) is 2. The Bertz CT molecular complexity index is 1270. The molecular formula is C30H36N4O3S. The molecule has 0 spiro atoms. The number of amides is 4. The maximum Gasteiger partial charge on any atom is 0.320 e. The van der Waals surface area contributed by atoms with Crippen LogP contribution in [0.4, 0.5) is 9.80 Å². The van der Waals surface area contributed by atoms with Crippen molar-refractivity contribution in [3.8, 4) is 0 Å². The van der Waals surface area contributed by atoms with Gasteiger partial charge in [0, 0.05) is 6.92 Å². The van der Waals surface area contributed by atoms with E-state index >= 15 is 0 Å². The molecule has 1 fully saturated rings. The van der Waals surface area contributed by atoms with Crippen LogP contribution in [0.3, 0.4) is 0 Å². The van der Waals surface area contributed by atoms with Gasteiger partial charge in [0.15, 0.2) is 0 Å². The predicted octanol–water partition coefficient (Wildman–Crippen LogP) is 6.26. The summed E-state index contributed by atoms with van der Waals surface area (Å²) in [5, 5.41) is 11.6. The smallest absolute Gasteiger partial charge is 0.320 e. The number of hydrazine groups is 1. The number of carbonyl (C=O) groups excluding carboxylic acids is 3. The number of aryl methyl sites for hydroxylation is 1. The molecule has 3 atom stereocenters. The highest BCUT2D eigenvalue weighted by atomic mass is 32.1. The lowest BCUT2D eigenvalue weighted by Gasteiger charge is -2.47. The summed E-state index contributed by atoms with van der Waals surface area (Å²) in [5.74, 6) is -0.569. The van der Waals surface area contributed by atoms with Crippen LogP contribution < -0.4 is 10.6 Å². The van der Waals surface area contributed by atoms with Crippen LogP contribution in [0.15, 0.2) is 72.1 Å². The largest absolute Gasteiger partial charge is 0.326 e. The van der Waals surface area contributed by atoms with Crippen LogP contribution in [-0.2, 0) is 9.59 Å². The third kappa shape index (κ3) is 6.07. The molecule has 1 aliphatic rings. The van der Waals surface area contributed by atoms with Crippen molar-refractivity contribution in [2.75, 3.05) is 5.32 Å². The Labute approximate surface area is 228 Å². The van der Waals surface area contributed by atoms with Gasteiger partial charge in [-0.15, -0.1) is 11.3 Å². The Morgan fingerprint density at radius 3 is 2.08 bits per heavy atom. The van der Waals surface area contributed by atoms with Crippen LogP contribution in [0, 0.1) is 6.92 Å². The van der Waals surface area contributed by atoms with E-state index < -0.39 is 23.7 Å². The molecule has 2 N–H and O–H groups in total. The Kier molecular flexibility index (Phi) is 8.21. The number of rotatable bonds is 5. The van der Waals surface area contributed by atoms with Gasteiger partial charge in [0.1, 0.15) is 6.04 Å². The molecule has 38 heavy (non-hydrogen) atoms. The molecule has 0 bridgehead atoms. The number of nitrogens with one attached hydrogen (secondary N) is 2. The van der Waals surface area contributed by atoms with Crippen molar-refractivity contribution in [2.24, 2.45) is 0 Å². The minimum atomic E-state index is -0.835. The van der Waals surface area contributed by atoms with E-state index in [1.165, 1.54) is 18.3 Å². The molecule has 3 unspecified atom stereocenters. The number of benzene rings is 2. The Morgan fingerprint density at radius 1 is 0.947 bits per heavy atom. The molecule has 4 rings (SSSR count). The number of thiophene rings is 1. The van der Waals surface area contributed by atoms with Gasteiger partial charge in [0.25, 0.3) is 5.91 Å². The molecule has 8 heteroatoms. The first-order valence-electron chi connectivity index (χ1n) is 12.9. The first kappa shape index (κ1) is 27.4. The average Bonchev–Trinajstić information content (AvgIpc) is 3.22. The van der Waals surface area contributed by atoms with Gasteiger partial charge in [0.2, 0.25) is 5.91 Å². The molecular weight excluding hydrogens is 496 g/mol. The third-order valence-electron chi connectivity index (χ3n) is 6.85. The molecule has 7 nitrogen and oxygen atoms in total. The van der Waals surface area contributed by atoms with E-state index in [0.29, 0.717) is 12.8 Å². The van der Waals surface area contributed by atoms with Crippen LogP contribution in [0.1, 0.15) is 69.2 Å². The summed E-state index contributed by atoms with van der Waals surface area (Å²) in [6.45, 7) is 9.15. The van der Waals surface area contributed by atoms with Gasteiger partial charge in [0.05, 0.1) is 16.6 Å². The van der Waals surface area contributed by atoms with E-state index in [2.05, 4.69) is 22.8 Å². The number of anilines is 1. The Morgan fingerprint density at radius 2 is 1.55 bits per heavy atom. The van der Waals surface area contributed by atoms with Gasteiger partial charge in [-0.1, -0.05) is 60.7 Å². The Balaban J connectivity index is 1.79. The van der Waals surface area contributed by atoms with Crippen molar-refractivity contribution in [1.29, 1.82) is 0 Å². The van der Waals surface area contributed by atoms with Crippen molar-refractivity contribution < 1.29 is 14.4 Å². The monoisotopic (exact) mass is 532 g/mol. The third-order valence-corrected chi connectivity index (χ3v) is 7.78. The molecule has 0 saturated carbocycles. The second kappa shape index (κ2) is 11.4. The molecule has 4 amide bonds.